The molecule has 0 bridgehead atoms. The van der Waals surface area contributed by atoms with E-state index in [4.69, 9.17) is 0 Å². The van der Waals surface area contributed by atoms with Gasteiger partial charge in [0.2, 0.25) is 10.4 Å². The van der Waals surface area contributed by atoms with Gasteiger partial charge in [-0.25, -0.2) is 12.6 Å². The monoisotopic (exact) mass is 305 g/mol. The summed E-state index contributed by atoms with van der Waals surface area (Å²) in [5.74, 6) is 0. The van der Waals surface area contributed by atoms with Gasteiger partial charge >= 0.3 is 0 Å². The van der Waals surface area contributed by atoms with Gasteiger partial charge in [0.05, 0.1) is 0 Å². The Labute approximate surface area is 124 Å². The summed E-state index contributed by atoms with van der Waals surface area (Å²) in [6.45, 7) is 1.48. The van der Waals surface area contributed by atoms with Gasteiger partial charge in [0, 0.05) is 19.1 Å². The molecule has 1 aromatic heterocycles. The number of aromatic nitrogens is 1. The molecular formula is C15H15NO4S. The maximum Gasteiger partial charge on any atom is 0.274 e. The number of rotatable bonds is 5. The van der Waals surface area contributed by atoms with Crippen LogP contribution in [0.5, 0.6) is 0 Å². The fourth-order valence-electron chi connectivity index (χ4n) is 1.78. The lowest BCUT2D eigenvalue weighted by atomic mass is 10.1. The van der Waals surface area contributed by atoms with Gasteiger partial charge in [-0.05, 0) is 11.1 Å². The van der Waals surface area contributed by atoms with Crippen LogP contribution >= 0.6 is 0 Å². The highest BCUT2D eigenvalue weighted by Crippen LogP contribution is 2.08. The third kappa shape index (κ3) is 5.11. The first-order valence-electron chi connectivity index (χ1n) is 6.32. The van der Waals surface area contributed by atoms with Crippen LogP contribution in [0, 0.1) is 0 Å². The highest BCUT2D eigenvalue weighted by Gasteiger charge is 2.15. The maximum absolute atomic E-state index is 10.5. The summed E-state index contributed by atoms with van der Waals surface area (Å²) < 4.78 is 37.5. The van der Waals surface area contributed by atoms with Crippen LogP contribution in [0.3, 0.4) is 0 Å². The van der Waals surface area contributed by atoms with E-state index in [-0.39, 0.29) is 0 Å². The number of pyridine rings is 1. The lowest BCUT2D eigenvalue weighted by Gasteiger charge is -2.10. The van der Waals surface area contributed by atoms with E-state index in [1.165, 1.54) is 11.5 Å². The number of benzene rings is 1. The highest BCUT2D eigenvalue weighted by atomic mass is 32.3. The van der Waals surface area contributed by atoms with Gasteiger partial charge in [0.15, 0.2) is 12.4 Å². The summed E-state index contributed by atoms with van der Waals surface area (Å²) in [6, 6.07) is 13.5. The highest BCUT2D eigenvalue weighted by molar-refractivity contribution is 7.80. The van der Waals surface area contributed by atoms with Crippen LogP contribution in [-0.4, -0.2) is 13.0 Å². The van der Waals surface area contributed by atoms with Crippen molar-refractivity contribution in [2.75, 3.05) is 0 Å². The molecule has 2 rings (SSSR count). The van der Waals surface area contributed by atoms with E-state index in [0.29, 0.717) is 0 Å². The normalized spacial score (nSPS) is 13.4. The molecule has 2 aromatic rings. The Morgan fingerprint density at radius 3 is 2.10 bits per heavy atom. The zero-order valence-electron chi connectivity index (χ0n) is 11.4. The van der Waals surface area contributed by atoms with E-state index in [2.05, 4.69) is 4.18 Å². The second-order valence-electron chi connectivity index (χ2n) is 4.43. The van der Waals surface area contributed by atoms with Crippen molar-refractivity contribution in [1.29, 1.82) is 0 Å². The zero-order valence-corrected chi connectivity index (χ0v) is 12.2. The summed E-state index contributed by atoms with van der Waals surface area (Å²) in [4.78, 5) is 0. The second kappa shape index (κ2) is 6.62. The van der Waals surface area contributed by atoms with Crippen LogP contribution < -0.4 is 4.57 Å². The quantitative estimate of drug-likeness (QED) is 0.482. The average molecular weight is 305 g/mol. The molecule has 0 N–H and O–H groups in total. The third-order valence-electron chi connectivity index (χ3n) is 2.82. The summed E-state index contributed by atoms with van der Waals surface area (Å²) in [5, 5.41) is 0. The Kier molecular flexibility index (Phi) is 4.85. The first-order valence-corrected chi connectivity index (χ1v) is 7.65. The van der Waals surface area contributed by atoms with E-state index in [1.54, 1.807) is 24.5 Å². The van der Waals surface area contributed by atoms with Crippen LogP contribution in [0.25, 0.3) is 12.2 Å². The lowest BCUT2D eigenvalue weighted by molar-refractivity contribution is -0.750. The van der Waals surface area contributed by atoms with Crippen molar-refractivity contribution in [3.05, 3.63) is 66.0 Å². The van der Waals surface area contributed by atoms with Gasteiger partial charge in [-0.3, -0.25) is 0 Å². The standard InChI is InChI=1S/C15H15NO4S/c1-13(20-21(17,18)19)16-11-9-15(10-12-16)8-7-14-5-3-2-4-6-14/h2-13H,1H3. The Hall–Kier alpha value is -2.02. The number of nitrogens with zero attached hydrogens (tertiary/aromatic N) is 1. The molecule has 0 radical (unpaired) electrons. The van der Waals surface area contributed by atoms with Crippen LogP contribution in [0.15, 0.2) is 54.9 Å². The molecule has 0 amide bonds. The molecule has 1 heterocycles. The minimum Gasteiger partial charge on any atom is -0.725 e. The minimum atomic E-state index is -4.71. The summed E-state index contributed by atoms with van der Waals surface area (Å²) in [7, 11) is -4.71. The molecule has 110 valence electrons. The van der Waals surface area contributed by atoms with Crippen LogP contribution in [-0.2, 0) is 14.6 Å². The van der Waals surface area contributed by atoms with Gasteiger partial charge in [0.25, 0.3) is 6.23 Å². The average Bonchev–Trinajstić information content (AvgIpc) is 2.45. The van der Waals surface area contributed by atoms with Crippen LogP contribution in [0.4, 0.5) is 0 Å². The number of hydrogen-bond donors (Lipinski definition) is 0. The molecule has 21 heavy (non-hydrogen) atoms. The van der Waals surface area contributed by atoms with Crippen molar-refractivity contribution in [2.45, 2.75) is 13.2 Å². The molecule has 1 aromatic carbocycles. The lowest BCUT2D eigenvalue weighted by Crippen LogP contribution is -2.39. The molecule has 0 spiro atoms. The van der Waals surface area contributed by atoms with Crippen LogP contribution in [0.1, 0.15) is 24.3 Å². The van der Waals surface area contributed by atoms with Gasteiger partial charge in [-0.15, -0.1) is 0 Å². The molecule has 0 saturated heterocycles. The smallest absolute Gasteiger partial charge is 0.274 e. The van der Waals surface area contributed by atoms with E-state index in [0.717, 1.165) is 11.1 Å². The fourth-order valence-corrected chi connectivity index (χ4v) is 2.22. The Morgan fingerprint density at radius 2 is 1.57 bits per heavy atom. The molecule has 0 saturated carbocycles. The second-order valence-corrected chi connectivity index (χ2v) is 5.44. The zero-order chi connectivity index (χ0) is 15.3. The fraction of sp³-hybridized carbons (Fsp3) is 0.133. The van der Waals surface area contributed by atoms with Crippen molar-refractivity contribution in [1.82, 2.24) is 0 Å². The van der Waals surface area contributed by atoms with Crippen molar-refractivity contribution in [3.63, 3.8) is 0 Å². The van der Waals surface area contributed by atoms with E-state index < -0.39 is 16.6 Å². The van der Waals surface area contributed by atoms with Gasteiger partial charge in [-0.2, -0.15) is 4.57 Å². The molecule has 1 atom stereocenters. The van der Waals surface area contributed by atoms with Crippen molar-refractivity contribution >= 4 is 22.6 Å². The largest absolute Gasteiger partial charge is 0.725 e. The minimum absolute atomic E-state index is 0.875. The summed E-state index contributed by atoms with van der Waals surface area (Å²) in [5.41, 5.74) is 2.04. The Balaban J connectivity index is 2.07. The van der Waals surface area contributed by atoms with Crippen molar-refractivity contribution < 1.29 is 21.7 Å². The van der Waals surface area contributed by atoms with Gasteiger partial charge < -0.3 is 4.55 Å². The molecule has 5 nitrogen and oxygen atoms in total. The molecule has 0 aliphatic heterocycles. The maximum atomic E-state index is 10.5. The Bertz CT molecular complexity index is 709. The van der Waals surface area contributed by atoms with E-state index in [1.807, 2.05) is 42.5 Å². The van der Waals surface area contributed by atoms with Gasteiger partial charge in [-0.1, -0.05) is 42.5 Å². The third-order valence-corrected chi connectivity index (χ3v) is 3.34. The molecule has 1 unspecified atom stereocenters. The first-order chi connectivity index (χ1) is 9.94. The van der Waals surface area contributed by atoms with Crippen molar-refractivity contribution in [3.8, 4) is 0 Å². The predicted octanol–water partition coefficient (Wildman–Crippen LogP) is 2.14. The molecular weight excluding hydrogens is 290 g/mol. The molecule has 0 fully saturated rings. The van der Waals surface area contributed by atoms with Crippen molar-refractivity contribution in [2.24, 2.45) is 0 Å². The number of hydrogen-bond acceptors (Lipinski definition) is 4. The summed E-state index contributed by atoms with van der Waals surface area (Å²) >= 11 is 0. The first kappa shape index (κ1) is 15.4. The van der Waals surface area contributed by atoms with Crippen LogP contribution in [0.2, 0.25) is 0 Å². The molecule has 0 aliphatic carbocycles. The SMILES string of the molecule is CC(OS(=O)(=O)[O-])[n+]1ccc(C=Cc2ccccc2)cc1. The predicted molar refractivity (Wildman–Crippen MR) is 77.5 cm³/mol. The topological polar surface area (TPSA) is 70.3 Å². The Morgan fingerprint density at radius 1 is 1.05 bits per heavy atom. The van der Waals surface area contributed by atoms with E-state index >= 15 is 0 Å². The molecule has 6 heteroatoms. The van der Waals surface area contributed by atoms with Gasteiger partial charge in [0.1, 0.15) is 0 Å². The summed E-state index contributed by atoms with van der Waals surface area (Å²) in [6.07, 6.45) is 6.35. The molecule has 0 aliphatic rings. The van der Waals surface area contributed by atoms with E-state index in [9.17, 15) is 13.0 Å².